The van der Waals surface area contributed by atoms with E-state index in [-0.39, 0.29) is 11.6 Å². The Balaban J connectivity index is 2.08. The molecule has 0 radical (unpaired) electrons. The van der Waals surface area contributed by atoms with Crippen molar-refractivity contribution in [3.8, 4) is 0 Å². The lowest BCUT2D eigenvalue weighted by Crippen LogP contribution is -2.41. The summed E-state index contributed by atoms with van der Waals surface area (Å²) in [6.45, 7) is 2.63. The number of carbonyl (C=O) groups is 1. The molecule has 2 unspecified atom stereocenters. The van der Waals surface area contributed by atoms with Crippen LogP contribution in [0.3, 0.4) is 0 Å². The van der Waals surface area contributed by atoms with E-state index >= 15 is 0 Å². The summed E-state index contributed by atoms with van der Waals surface area (Å²) in [6.07, 6.45) is -3.38. The van der Waals surface area contributed by atoms with Crippen LogP contribution in [0.5, 0.6) is 0 Å². The van der Waals surface area contributed by atoms with Crippen molar-refractivity contribution in [3.05, 3.63) is 63.9 Å². The largest absolute Gasteiger partial charge is 0.481 e. The van der Waals surface area contributed by atoms with E-state index in [0.717, 1.165) is 11.8 Å². The third-order valence-electron chi connectivity index (χ3n) is 4.97. The average molecular weight is 413 g/mol. The number of rotatable bonds is 4. The Bertz CT molecular complexity index is 873. The van der Waals surface area contributed by atoms with Gasteiger partial charge in [-0.15, -0.1) is 0 Å². The quantitative estimate of drug-likeness (QED) is 0.772. The van der Waals surface area contributed by atoms with Crippen LogP contribution in [0.2, 0.25) is 5.02 Å². The van der Waals surface area contributed by atoms with E-state index in [1.165, 1.54) is 6.07 Å². The summed E-state index contributed by atoms with van der Waals surface area (Å²) in [7, 11) is 0. The first-order valence-electron chi connectivity index (χ1n) is 8.94. The number of alkyl halides is 3. The number of benzene rings is 1. The molecule has 28 heavy (non-hydrogen) atoms. The summed E-state index contributed by atoms with van der Waals surface area (Å²) < 4.78 is 40.1. The molecule has 1 N–H and O–H groups in total. The molecule has 0 bridgehead atoms. The van der Waals surface area contributed by atoms with Crippen LogP contribution < -0.4 is 0 Å². The van der Waals surface area contributed by atoms with Crippen molar-refractivity contribution in [2.45, 2.75) is 32.0 Å². The number of pyridine rings is 1. The average Bonchev–Trinajstić information content (AvgIpc) is 2.63. The maximum absolute atomic E-state index is 13.4. The van der Waals surface area contributed by atoms with Crippen molar-refractivity contribution in [2.75, 3.05) is 13.1 Å². The molecule has 2 aromatic rings. The van der Waals surface area contributed by atoms with E-state index in [2.05, 4.69) is 4.98 Å². The fraction of sp³-hybridized carbons (Fsp3) is 0.400. The number of halogens is 4. The van der Waals surface area contributed by atoms with Crippen molar-refractivity contribution in [1.29, 1.82) is 0 Å². The second kappa shape index (κ2) is 8.09. The van der Waals surface area contributed by atoms with E-state index in [0.29, 0.717) is 30.6 Å². The van der Waals surface area contributed by atoms with Crippen LogP contribution >= 0.6 is 11.6 Å². The predicted octanol–water partition coefficient (Wildman–Crippen LogP) is 4.95. The molecule has 2 heterocycles. The second-order valence-corrected chi connectivity index (χ2v) is 7.42. The molecule has 0 spiro atoms. The van der Waals surface area contributed by atoms with Gasteiger partial charge in [-0.2, -0.15) is 13.2 Å². The fourth-order valence-corrected chi connectivity index (χ4v) is 3.88. The Labute approximate surface area is 166 Å². The predicted molar refractivity (Wildman–Crippen MR) is 99.2 cm³/mol. The van der Waals surface area contributed by atoms with Crippen molar-refractivity contribution in [3.63, 3.8) is 0 Å². The maximum atomic E-state index is 13.4. The van der Waals surface area contributed by atoms with Gasteiger partial charge < -0.3 is 5.11 Å². The molecule has 0 aliphatic carbocycles. The molecule has 150 valence electrons. The minimum atomic E-state index is -4.58. The van der Waals surface area contributed by atoms with Gasteiger partial charge in [0, 0.05) is 12.2 Å². The van der Waals surface area contributed by atoms with Gasteiger partial charge in [0.25, 0.3) is 0 Å². The van der Waals surface area contributed by atoms with Crippen LogP contribution in [0, 0.1) is 12.8 Å². The number of carboxylic acid groups (broad SMARTS) is 1. The van der Waals surface area contributed by atoms with Gasteiger partial charge in [-0.3, -0.25) is 14.7 Å². The summed E-state index contributed by atoms with van der Waals surface area (Å²) in [5.41, 5.74) is 0.803. The van der Waals surface area contributed by atoms with Crippen molar-refractivity contribution >= 4 is 17.6 Å². The topological polar surface area (TPSA) is 53.4 Å². The maximum Gasteiger partial charge on any atom is 0.417 e. The van der Waals surface area contributed by atoms with E-state index in [1.54, 1.807) is 31.2 Å². The monoisotopic (exact) mass is 412 g/mol. The summed E-state index contributed by atoms with van der Waals surface area (Å²) >= 11 is 5.78. The van der Waals surface area contributed by atoms with Gasteiger partial charge in [0.15, 0.2) is 0 Å². The molecule has 1 aliphatic heterocycles. The van der Waals surface area contributed by atoms with Crippen molar-refractivity contribution in [2.24, 2.45) is 5.92 Å². The van der Waals surface area contributed by atoms with E-state index in [9.17, 15) is 23.1 Å². The highest BCUT2D eigenvalue weighted by Crippen LogP contribution is 2.39. The van der Waals surface area contributed by atoms with E-state index in [1.807, 2.05) is 4.90 Å². The third kappa shape index (κ3) is 4.47. The van der Waals surface area contributed by atoms with Gasteiger partial charge in [-0.05, 0) is 56.1 Å². The molecule has 1 aromatic carbocycles. The Morgan fingerprint density at radius 1 is 1.32 bits per heavy atom. The van der Waals surface area contributed by atoms with Gasteiger partial charge in [0.05, 0.1) is 28.2 Å². The Hall–Kier alpha value is -2.12. The number of aliphatic carboxylic acids is 1. The van der Waals surface area contributed by atoms with Gasteiger partial charge in [-0.25, -0.2) is 0 Å². The Morgan fingerprint density at radius 2 is 2.07 bits per heavy atom. The molecule has 0 saturated carbocycles. The van der Waals surface area contributed by atoms with Gasteiger partial charge >= 0.3 is 12.1 Å². The number of piperidine rings is 1. The molecular weight excluding hydrogens is 393 g/mol. The number of aryl methyl sites for hydroxylation is 1. The SMILES string of the molecule is Cc1cccc(C(c2ccc(Cl)c(C(F)(F)F)c2)N2CCCC(C(=O)O)C2)n1. The zero-order chi connectivity index (χ0) is 20.5. The summed E-state index contributed by atoms with van der Waals surface area (Å²) in [5.74, 6) is -1.46. The van der Waals surface area contributed by atoms with Crippen LogP contribution in [0.4, 0.5) is 13.2 Å². The smallest absolute Gasteiger partial charge is 0.417 e. The minimum Gasteiger partial charge on any atom is -0.481 e. The van der Waals surface area contributed by atoms with Crippen molar-refractivity contribution in [1.82, 2.24) is 9.88 Å². The number of carboxylic acids is 1. The van der Waals surface area contributed by atoms with Gasteiger partial charge in [-0.1, -0.05) is 23.7 Å². The number of hydrogen-bond donors (Lipinski definition) is 1. The lowest BCUT2D eigenvalue weighted by molar-refractivity contribution is -0.143. The van der Waals surface area contributed by atoms with Crippen LogP contribution in [-0.4, -0.2) is 34.0 Å². The summed E-state index contributed by atoms with van der Waals surface area (Å²) in [5, 5.41) is 9.04. The molecule has 1 saturated heterocycles. The highest BCUT2D eigenvalue weighted by atomic mass is 35.5. The number of aromatic nitrogens is 1. The van der Waals surface area contributed by atoms with Gasteiger partial charge in [0.2, 0.25) is 0 Å². The molecule has 1 aromatic heterocycles. The number of nitrogens with zero attached hydrogens (tertiary/aromatic N) is 2. The summed E-state index contributed by atoms with van der Waals surface area (Å²) in [6, 6.07) is 8.60. The molecule has 3 rings (SSSR count). The highest BCUT2D eigenvalue weighted by Gasteiger charge is 2.36. The highest BCUT2D eigenvalue weighted by molar-refractivity contribution is 6.31. The van der Waals surface area contributed by atoms with Crippen LogP contribution in [0.15, 0.2) is 36.4 Å². The zero-order valence-corrected chi connectivity index (χ0v) is 16.0. The molecule has 1 fully saturated rings. The van der Waals surface area contributed by atoms with Crippen LogP contribution in [0.25, 0.3) is 0 Å². The fourth-order valence-electron chi connectivity index (χ4n) is 3.66. The Kier molecular flexibility index (Phi) is 5.95. The van der Waals surface area contributed by atoms with E-state index in [4.69, 9.17) is 11.6 Å². The molecule has 1 aliphatic rings. The normalized spacial score (nSPS) is 19.4. The molecule has 8 heteroatoms. The minimum absolute atomic E-state index is 0.250. The zero-order valence-electron chi connectivity index (χ0n) is 15.2. The Morgan fingerprint density at radius 3 is 2.71 bits per heavy atom. The van der Waals surface area contributed by atoms with Crippen molar-refractivity contribution < 1.29 is 23.1 Å². The van der Waals surface area contributed by atoms with Crippen LogP contribution in [0.1, 0.15) is 41.4 Å². The first kappa shape index (κ1) is 20.6. The first-order valence-corrected chi connectivity index (χ1v) is 9.31. The molecular formula is C20H20ClF3N2O2. The third-order valence-corrected chi connectivity index (χ3v) is 5.30. The standard InChI is InChI=1S/C20H20ClF3N2O2/c1-12-4-2-6-17(25-12)18(26-9-3-5-14(11-26)19(27)28)13-7-8-16(21)15(10-13)20(22,23)24/h2,4,6-8,10,14,18H,3,5,9,11H2,1H3,(H,27,28). The van der Waals surface area contributed by atoms with E-state index < -0.39 is 29.7 Å². The molecule has 2 atom stereocenters. The number of hydrogen-bond acceptors (Lipinski definition) is 3. The molecule has 4 nitrogen and oxygen atoms in total. The molecule has 0 amide bonds. The van der Waals surface area contributed by atoms with Gasteiger partial charge in [0.1, 0.15) is 0 Å². The van der Waals surface area contributed by atoms with Crippen LogP contribution in [-0.2, 0) is 11.0 Å². The summed E-state index contributed by atoms with van der Waals surface area (Å²) in [4.78, 5) is 17.9. The number of likely N-dealkylation sites (tertiary alicyclic amines) is 1. The second-order valence-electron chi connectivity index (χ2n) is 7.02. The lowest BCUT2D eigenvalue weighted by Gasteiger charge is -2.37. The lowest BCUT2D eigenvalue weighted by atomic mass is 9.92. The first-order chi connectivity index (χ1) is 13.2.